The minimum absolute atomic E-state index is 0. The summed E-state index contributed by atoms with van der Waals surface area (Å²) in [6.45, 7) is 6.09. The average Bonchev–Trinajstić information content (AvgIpc) is 3.35. The second-order valence-corrected chi connectivity index (χ2v) is 7.39. The van der Waals surface area contributed by atoms with E-state index in [1.54, 1.807) is 17.3 Å². The molecule has 1 aromatic heterocycles. The Bertz CT molecular complexity index is 713. The third-order valence-corrected chi connectivity index (χ3v) is 5.64. The molecule has 146 valence electrons. The van der Waals surface area contributed by atoms with Gasteiger partial charge in [-0.15, -0.1) is 24.0 Å². The molecular weight excluding hydrogens is 451 g/mol. The van der Waals surface area contributed by atoms with Crippen LogP contribution in [0.15, 0.2) is 41.9 Å². The molecule has 2 aliphatic rings. The van der Waals surface area contributed by atoms with Gasteiger partial charge in [0.2, 0.25) is 0 Å². The van der Waals surface area contributed by atoms with E-state index in [-0.39, 0.29) is 24.0 Å². The van der Waals surface area contributed by atoms with Crippen molar-refractivity contribution < 1.29 is 0 Å². The Kier molecular flexibility index (Phi) is 7.09. The maximum atomic E-state index is 4.91. The van der Waals surface area contributed by atoms with Gasteiger partial charge in [0.15, 0.2) is 5.96 Å². The molecule has 2 heterocycles. The third-order valence-electron chi connectivity index (χ3n) is 5.64. The second kappa shape index (κ2) is 9.52. The highest BCUT2D eigenvalue weighted by atomic mass is 127. The predicted octanol–water partition coefficient (Wildman–Crippen LogP) is 3.47. The molecule has 4 rings (SSSR count). The van der Waals surface area contributed by atoms with Crippen molar-refractivity contribution in [3.05, 3.63) is 42.5 Å². The van der Waals surface area contributed by atoms with Crippen molar-refractivity contribution in [3.63, 3.8) is 0 Å². The number of nitrogens with one attached hydrogen (secondary N) is 1. The van der Waals surface area contributed by atoms with Gasteiger partial charge in [-0.25, -0.2) is 14.7 Å². The van der Waals surface area contributed by atoms with Crippen molar-refractivity contribution in [3.8, 4) is 5.69 Å². The standard InChI is InChI=1S/C20H28N6.HI/c1-2-22-20(25-12-17-5-3-4-6-18(17)13-25)23-11-16-7-9-19(10-8-16)26-15-21-14-24-26;/h7-10,14-15,17-18H,2-6,11-13H2,1H3,(H,22,23);1H. The zero-order valence-electron chi connectivity index (χ0n) is 15.9. The molecule has 1 saturated carbocycles. The molecule has 7 heteroatoms. The van der Waals surface area contributed by atoms with Gasteiger partial charge in [-0.1, -0.05) is 25.0 Å². The predicted molar refractivity (Wildman–Crippen MR) is 119 cm³/mol. The molecule has 0 spiro atoms. The first-order chi connectivity index (χ1) is 12.8. The van der Waals surface area contributed by atoms with E-state index in [0.717, 1.165) is 30.0 Å². The van der Waals surface area contributed by atoms with Crippen LogP contribution in [0.25, 0.3) is 5.69 Å². The molecule has 1 aliphatic carbocycles. The first-order valence-electron chi connectivity index (χ1n) is 9.80. The number of nitrogens with zero attached hydrogens (tertiary/aromatic N) is 5. The summed E-state index contributed by atoms with van der Waals surface area (Å²) in [7, 11) is 0. The fourth-order valence-corrected chi connectivity index (χ4v) is 4.27. The Morgan fingerprint density at radius 1 is 1.15 bits per heavy atom. The lowest BCUT2D eigenvalue weighted by Crippen LogP contribution is -2.40. The molecule has 2 atom stereocenters. The third kappa shape index (κ3) is 4.80. The Morgan fingerprint density at radius 2 is 1.85 bits per heavy atom. The van der Waals surface area contributed by atoms with Gasteiger partial charge in [-0.3, -0.25) is 0 Å². The highest BCUT2D eigenvalue weighted by Crippen LogP contribution is 2.35. The number of benzene rings is 1. The van der Waals surface area contributed by atoms with Gasteiger partial charge in [0.25, 0.3) is 0 Å². The van der Waals surface area contributed by atoms with Crippen LogP contribution in [0, 0.1) is 11.8 Å². The van der Waals surface area contributed by atoms with Gasteiger partial charge in [0, 0.05) is 19.6 Å². The van der Waals surface area contributed by atoms with Gasteiger partial charge in [-0.05, 0) is 49.3 Å². The van der Waals surface area contributed by atoms with Crippen molar-refractivity contribution >= 4 is 29.9 Å². The smallest absolute Gasteiger partial charge is 0.194 e. The molecule has 2 aromatic rings. The number of rotatable bonds is 4. The van der Waals surface area contributed by atoms with Crippen molar-refractivity contribution in [2.75, 3.05) is 19.6 Å². The Balaban J connectivity index is 0.00000210. The van der Waals surface area contributed by atoms with Gasteiger partial charge in [0.1, 0.15) is 12.7 Å². The minimum Gasteiger partial charge on any atom is -0.357 e. The number of hydrogen-bond acceptors (Lipinski definition) is 3. The van der Waals surface area contributed by atoms with Crippen molar-refractivity contribution in [1.29, 1.82) is 0 Å². The molecule has 0 amide bonds. The van der Waals surface area contributed by atoms with Crippen LogP contribution >= 0.6 is 24.0 Å². The Morgan fingerprint density at radius 3 is 2.44 bits per heavy atom. The number of aliphatic imine (C=N–C) groups is 1. The summed E-state index contributed by atoms with van der Waals surface area (Å²) in [5.41, 5.74) is 2.23. The lowest BCUT2D eigenvalue weighted by molar-refractivity contribution is 0.299. The first kappa shape index (κ1) is 20.1. The topological polar surface area (TPSA) is 58.3 Å². The summed E-state index contributed by atoms with van der Waals surface area (Å²) in [5.74, 6) is 2.81. The van der Waals surface area contributed by atoms with Crippen LogP contribution in [0.4, 0.5) is 0 Å². The van der Waals surface area contributed by atoms with E-state index in [2.05, 4.69) is 51.5 Å². The van der Waals surface area contributed by atoms with E-state index >= 15 is 0 Å². The summed E-state index contributed by atoms with van der Waals surface area (Å²) in [5, 5.41) is 7.66. The molecule has 1 saturated heterocycles. The number of likely N-dealkylation sites (tertiary alicyclic amines) is 1. The summed E-state index contributed by atoms with van der Waals surface area (Å²) in [6.07, 6.45) is 8.86. The van der Waals surface area contributed by atoms with Crippen LogP contribution < -0.4 is 5.32 Å². The molecule has 2 unspecified atom stereocenters. The average molecular weight is 480 g/mol. The number of aromatic nitrogens is 3. The molecular formula is C20H29IN6. The summed E-state index contributed by atoms with van der Waals surface area (Å²) < 4.78 is 1.77. The van der Waals surface area contributed by atoms with Crippen LogP contribution in [0.1, 0.15) is 38.2 Å². The lowest BCUT2D eigenvalue weighted by atomic mass is 9.82. The van der Waals surface area contributed by atoms with Crippen LogP contribution in [0.2, 0.25) is 0 Å². The number of guanidine groups is 1. The maximum absolute atomic E-state index is 4.91. The molecule has 2 fully saturated rings. The number of fused-ring (bicyclic) bond motifs is 1. The van der Waals surface area contributed by atoms with Gasteiger partial charge >= 0.3 is 0 Å². The van der Waals surface area contributed by atoms with E-state index in [0.29, 0.717) is 6.54 Å². The monoisotopic (exact) mass is 480 g/mol. The Hall–Kier alpha value is -1.64. The summed E-state index contributed by atoms with van der Waals surface area (Å²) in [6, 6.07) is 8.37. The van der Waals surface area contributed by atoms with Crippen LogP contribution in [0.5, 0.6) is 0 Å². The van der Waals surface area contributed by atoms with E-state index in [9.17, 15) is 0 Å². The summed E-state index contributed by atoms with van der Waals surface area (Å²) in [4.78, 5) is 11.4. The van der Waals surface area contributed by atoms with E-state index in [4.69, 9.17) is 4.99 Å². The molecule has 6 nitrogen and oxygen atoms in total. The zero-order chi connectivity index (χ0) is 17.8. The van der Waals surface area contributed by atoms with E-state index in [1.165, 1.54) is 44.3 Å². The molecule has 1 aliphatic heterocycles. The minimum atomic E-state index is 0. The SMILES string of the molecule is CCNC(=NCc1ccc(-n2cncn2)cc1)N1CC2CCCCC2C1.I. The van der Waals surface area contributed by atoms with Crippen molar-refractivity contribution in [2.45, 2.75) is 39.2 Å². The fourth-order valence-electron chi connectivity index (χ4n) is 4.27. The van der Waals surface area contributed by atoms with Gasteiger partial charge in [0.05, 0.1) is 12.2 Å². The largest absolute Gasteiger partial charge is 0.357 e. The number of halogens is 1. The molecule has 0 bridgehead atoms. The zero-order valence-corrected chi connectivity index (χ0v) is 18.3. The highest BCUT2D eigenvalue weighted by Gasteiger charge is 2.35. The normalized spacial score (nSPS) is 22.3. The van der Waals surface area contributed by atoms with Gasteiger partial charge in [-0.2, -0.15) is 5.10 Å². The lowest BCUT2D eigenvalue weighted by Gasteiger charge is -2.22. The molecule has 1 aromatic carbocycles. The van der Waals surface area contributed by atoms with Crippen LogP contribution in [-0.4, -0.2) is 45.3 Å². The fraction of sp³-hybridized carbons (Fsp3) is 0.550. The second-order valence-electron chi connectivity index (χ2n) is 7.39. The van der Waals surface area contributed by atoms with Crippen molar-refractivity contribution in [1.82, 2.24) is 25.0 Å². The quantitative estimate of drug-likeness (QED) is 0.414. The van der Waals surface area contributed by atoms with Crippen LogP contribution in [0.3, 0.4) is 0 Å². The van der Waals surface area contributed by atoms with E-state index in [1.807, 2.05) is 0 Å². The molecule has 1 N–H and O–H groups in total. The molecule has 0 radical (unpaired) electrons. The number of hydrogen-bond donors (Lipinski definition) is 1. The maximum Gasteiger partial charge on any atom is 0.194 e. The summed E-state index contributed by atoms with van der Waals surface area (Å²) >= 11 is 0. The molecule has 27 heavy (non-hydrogen) atoms. The van der Waals surface area contributed by atoms with Gasteiger partial charge < -0.3 is 10.2 Å². The Labute approximate surface area is 178 Å². The van der Waals surface area contributed by atoms with E-state index < -0.39 is 0 Å². The first-order valence-corrected chi connectivity index (χ1v) is 9.80. The highest BCUT2D eigenvalue weighted by molar-refractivity contribution is 14.0. The van der Waals surface area contributed by atoms with Crippen molar-refractivity contribution in [2.24, 2.45) is 16.8 Å². The van der Waals surface area contributed by atoms with Crippen LogP contribution in [-0.2, 0) is 6.54 Å².